The lowest BCUT2D eigenvalue weighted by Crippen LogP contribution is -2.14. The van der Waals surface area contributed by atoms with Gasteiger partial charge in [0, 0.05) is 9.13 Å². The molecule has 0 aliphatic rings. The van der Waals surface area contributed by atoms with Crippen LogP contribution in [0.2, 0.25) is 0 Å². The quantitative estimate of drug-likeness (QED) is 0.828. The molecular weight excluding hydrogens is 364 g/mol. The van der Waals surface area contributed by atoms with Gasteiger partial charge in [0.25, 0.3) is 0 Å². The summed E-state index contributed by atoms with van der Waals surface area (Å²) in [6, 6.07) is 4.94. The van der Waals surface area contributed by atoms with Crippen molar-refractivity contribution in [3.05, 3.63) is 32.6 Å². The average molecular weight is 377 g/mol. The summed E-state index contributed by atoms with van der Waals surface area (Å²) in [6.07, 6.45) is 0.964. The molecule has 18 heavy (non-hydrogen) atoms. The summed E-state index contributed by atoms with van der Waals surface area (Å²) in [6.45, 7) is 2.10. The Labute approximate surface area is 123 Å². The van der Waals surface area contributed by atoms with Crippen LogP contribution in [0.15, 0.2) is 18.2 Å². The molecular formula is C12H13FIN3S. The highest BCUT2D eigenvalue weighted by Crippen LogP contribution is 2.31. The van der Waals surface area contributed by atoms with Crippen LogP contribution < -0.4 is 5.32 Å². The first kappa shape index (κ1) is 13.8. The van der Waals surface area contributed by atoms with E-state index in [-0.39, 0.29) is 11.9 Å². The zero-order valence-corrected chi connectivity index (χ0v) is 13.0. The Morgan fingerprint density at radius 1 is 1.44 bits per heavy atom. The Morgan fingerprint density at radius 2 is 2.22 bits per heavy atom. The van der Waals surface area contributed by atoms with Gasteiger partial charge in [-0.15, -0.1) is 10.2 Å². The molecule has 0 amide bonds. The molecule has 1 aromatic heterocycles. The van der Waals surface area contributed by atoms with Gasteiger partial charge in [-0.3, -0.25) is 0 Å². The first-order chi connectivity index (χ1) is 8.65. The molecule has 0 spiro atoms. The molecule has 1 N–H and O–H groups in total. The van der Waals surface area contributed by atoms with Gasteiger partial charge >= 0.3 is 0 Å². The Kier molecular flexibility index (Phi) is 4.63. The Bertz CT molecular complexity index is 540. The highest BCUT2D eigenvalue weighted by Gasteiger charge is 2.15. The van der Waals surface area contributed by atoms with Crippen molar-refractivity contribution in [1.82, 2.24) is 15.5 Å². The SMILES string of the molecule is CCC(NC)c1nnc(-c2ccc(F)cc2I)s1. The average Bonchev–Trinajstić information content (AvgIpc) is 2.80. The maximum atomic E-state index is 13.1. The van der Waals surface area contributed by atoms with E-state index in [1.165, 1.54) is 12.1 Å². The molecule has 1 unspecified atom stereocenters. The van der Waals surface area contributed by atoms with Gasteiger partial charge in [-0.2, -0.15) is 0 Å². The fourth-order valence-electron chi connectivity index (χ4n) is 1.65. The van der Waals surface area contributed by atoms with Gasteiger partial charge in [0.05, 0.1) is 6.04 Å². The van der Waals surface area contributed by atoms with Crippen molar-refractivity contribution in [3.8, 4) is 10.6 Å². The largest absolute Gasteiger partial charge is 0.311 e. The van der Waals surface area contributed by atoms with Crippen LogP contribution in [0.1, 0.15) is 24.4 Å². The van der Waals surface area contributed by atoms with Crippen molar-refractivity contribution in [2.75, 3.05) is 7.05 Å². The molecule has 0 bridgehead atoms. The lowest BCUT2D eigenvalue weighted by atomic mass is 10.2. The van der Waals surface area contributed by atoms with Crippen molar-refractivity contribution in [2.45, 2.75) is 19.4 Å². The fourth-order valence-corrected chi connectivity index (χ4v) is 3.64. The number of rotatable bonds is 4. The number of benzene rings is 1. The molecule has 1 aromatic carbocycles. The molecule has 0 aliphatic heterocycles. The molecule has 3 nitrogen and oxygen atoms in total. The minimum Gasteiger partial charge on any atom is -0.311 e. The predicted molar refractivity (Wildman–Crippen MR) is 80.1 cm³/mol. The number of halogens is 2. The van der Waals surface area contributed by atoms with E-state index in [1.54, 1.807) is 17.4 Å². The van der Waals surface area contributed by atoms with Crippen LogP contribution in [-0.2, 0) is 0 Å². The molecule has 2 aromatic rings. The van der Waals surface area contributed by atoms with E-state index in [1.807, 2.05) is 7.05 Å². The van der Waals surface area contributed by atoms with Gasteiger partial charge in [0.2, 0.25) is 0 Å². The zero-order valence-electron chi connectivity index (χ0n) is 10.1. The third-order valence-electron chi connectivity index (χ3n) is 2.66. The second-order valence-corrected chi connectivity index (χ2v) is 5.99. The maximum absolute atomic E-state index is 13.1. The zero-order chi connectivity index (χ0) is 13.1. The number of nitrogens with one attached hydrogen (secondary N) is 1. The van der Waals surface area contributed by atoms with Crippen LogP contribution in [0.25, 0.3) is 10.6 Å². The molecule has 1 heterocycles. The van der Waals surface area contributed by atoms with Crippen LogP contribution in [0, 0.1) is 9.39 Å². The molecule has 6 heteroatoms. The number of hydrogen-bond donors (Lipinski definition) is 1. The topological polar surface area (TPSA) is 37.8 Å². The number of aromatic nitrogens is 2. The smallest absolute Gasteiger partial charge is 0.148 e. The summed E-state index contributed by atoms with van der Waals surface area (Å²) in [5.74, 6) is -0.227. The Morgan fingerprint density at radius 3 is 2.83 bits per heavy atom. The molecule has 96 valence electrons. The van der Waals surface area contributed by atoms with Crippen LogP contribution >= 0.6 is 33.9 Å². The van der Waals surface area contributed by atoms with E-state index >= 15 is 0 Å². The van der Waals surface area contributed by atoms with Gasteiger partial charge in [0.15, 0.2) is 0 Å². The molecule has 0 radical (unpaired) electrons. The van der Waals surface area contributed by atoms with E-state index in [0.717, 1.165) is 25.6 Å². The van der Waals surface area contributed by atoms with Gasteiger partial charge in [-0.05, 0) is 54.3 Å². The van der Waals surface area contributed by atoms with Gasteiger partial charge in [-0.1, -0.05) is 18.3 Å². The highest BCUT2D eigenvalue weighted by atomic mass is 127. The van der Waals surface area contributed by atoms with Crippen LogP contribution in [-0.4, -0.2) is 17.2 Å². The minimum absolute atomic E-state index is 0.227. The lowest BCUT2D eigenvalue weighted by Gasteiger charge is -2.08. The number of nitrogens with zero attached hydrogens (tertiary/aromatic N) is 2. The summed E-state index contributed by atoms with van der Waals surface area (Å²) >= 11 is 3.67. The fraction of sp³-hybridized carbons (Fsp3) is 0.333. The standard InChI is InChI=1S/C12H13FIN3S/c1-3-10(15-2)12-17-16-11(18-12)8-5-4-7(13)6-9(8)14/h4-6,10,15H,3H2,1-2H3. The van der Waals surface area contributed by atoms with E-state index in [9.17, 15) is 4.39 Å². The first-order valence-electron chi connectivity index (χ1n) is 5.61. The molecule has 1 atom stereocenters. The molecule has 0 aliphatic carbocycles. The van der Waals surface area contributed by atoms with Crippen LogP contribution in [0.3, 0.4) is 0 Å². The first-order valence-corrected chi connectivity index (χ1v) is 7.51. The second kappa shape index (κ2) is 6.03. The summed E-state index contributed by atoms with van der Waals surface area (Å²) in [4.78, 5) is 0. The van der Waals surface area contributed by atoms with Gasteiger partial charge < -0.3 is 5.32 Å². The molecule has 0 fully saturated rings. The van der Waals surface area contributed by atoms with Gasteiger partial charge in [0.1, 0.15) is 15.8 Å². The van der Waals surface area contributed by atoms with E-state index in [2.05, 4.69) is 45.0 Å². The van der Waals surface area contributed by atoms with Crippen molar-refractivity contribution in [1.29, 1.82) is 0 Å². The minimum atomic E-state index is -0.227. The van der Waals surface area contributed by atoms with Crippen molar-refractivity contribution >= 4 is 33.9 Å². The van der Waals surface area contributed by atoms with Crippen molar-refractivity contribution in [2.24, 2.45) is 0 Å². The summed E-state index contributed by atoms with van der Waals surface area (Å²) in [5.41, 5.74) is 0.937. The van der Waals surface area contributed by atoms with E-state index < -0.39 is 0 Å². The summed E-state index contributed by atoms with van der Waals surface area (Å²) < 4.78 is 13.9. The normalized spacial score (nSPS) is 12.7. The van der Waals surface area contributed by atoms with Crippen LogP contribution in [0.4, 0.5) is 4.39 Å². The molecule has 2 rings (SSSR count). The third kappa shape index (κ3) is 2.86. The van der Waals surface area contributed by atoms with E-state index in [0.29, 0.717) is 0 Å². The summed E-state index contributed by atoms with van der Waals surface area (Å²) in [7, 11) is 1.91. The predicted octanol–water partition coefficient (Wildman–Crippen LogP) is 3.62. The second-order valence-electron chi connectivity index (χ2n) is 3.82. The summed E-state index contributed by atoms with van der Waals surface area (Å²) in [5, 5.41) is 13.4. The highest BCUT2D eigenvalue weighted by molar-refractivity contribution is 14.1. The monoisotopic (exact) mass is 377 g/mol. The van der Waals surface area contributed by atoms with Crippen molar-refractivity contribution < 1.29 is 4.39 Å². The third-order valence-corrected chi connectivity index (χ3v) is 4.62. The van der Waals surface area contributed by atoms with Crippen molar-refractivity contribution in [3.63, 3.8) is 0 Å². The lowest BCUT2D eigenvalue weighted by molar-refractivity contribution is 0.568. The Hall–Kier alpha value is -0.600. The maximum Gasteiger partial charge on any atom is 0.148 e. The number of hydrogen-bond acceptors (Lipinski definition) is 4. The van der Waals surface area contributed by atoms with Gasteiger partial charge in [-0.25, -0.2) is 4.39 Å². The Balaban J connectivity index is 2.34. The van der Waals surface area contributed by atoms with Crippen LogP contribution in [0.5, 0.6) is 0 Å². The molecule has 0 saturated carbocycles. The molecule has 0 saturated heterocycles. The van der Waals surface area contributed by atoms with E-state index in [4.69, 9.17) is 0 Å².